The van der Waals surface area contributed by atoms with Crippen molar-refractivity contribution in [3.8, 4) is 5.75 Å². The first-order valence-electron chi connectivity index (χ1n) is 6.28. The lowest BCUT2D eigenvalue weighted by molar-refractivity contribution is -0.120. The lowest BCUT2D eigenvalue weighted by Gasteiger charge is -2.15. The zero-order valence-corrected chi connectivity index (χ0v) is 11.4. The molecule has 0 aromatic heterocycles. The standard InChI is InChI=1S/C13H15ClF2N2O2/c14-9-6-7(4-5-11(9)20-13(15)16)18-12(19)8-2-1-3-10(8)17/h4-6,8,10,13H,1-3,17H2,(H,18,19). The fourth-order valence-corrected chi connectivity index (χ4v) is 2.54. The Hall–Kier alpha value is -1.40. The summed E-state index contributed by atoms with van der Waals surface area (Å²) in [5, 5.41) is 2.70. The maximum absolute atomic E-state index is 12.1. The highest BCUT2D eigenvalue weighted by Gasteiger charge is 2.30. The van der Waals surface area contributed by atoms with Gasteiger partial charge in [-0.2, -0.15) is 8.78 Å². The molecule has 0 aliphatic heterocycles. The summed E-state index contributed by atoms with van der Waals surface area (Å²) in [7, 11) is 0. The molecule has 1 fully saturated rings. The molecule has 0 saturated heterocycles. The average molecular weight is 305 g/mol. The Kier molecular flexibility index (Phi) is 4.77. The maximum Gasteiger partial charge on any atom is 0.387 e. The first kappa shape index (κ1) is 15.0. The van der Waals surface area contributed by atoms with Crippen LogP contribution in [0.2, 0.25) is 5.02 Å². The van der Waals surface area contributed by atoms with Crippen molar-refractivity contribution in [1.82, 2.24) is 0 Å². The Morgan fingerprint density at radius 1 is 1.45 bits per heavy atom. The van der Waals surface area contributed by atoms with Gasteiger partial charge in [-0.15, -0.1) is 0 Å². The molecule has 1 amide bonds. The van der Waals surface area contributed by atoms with Gasteiger partial charge in [0, 0.05) is 11.7 Å². The van der Waals surface area contributed by atoms with Crippen molar-refractivity contribution in [2.24, 2.45) is 11.7 Å². The number of amides is 1. The van der Waals surface area contributed by atoms with Crippen LogP contribution in [0.3, 0.4) is 0 Å². The number of nitrogens with two attached hydrogens (primary N) is 1. The first-order valence-corrected chi connectivity index (χ1v) is 6.66. The van der Waals surface area contributed by atoms with Crippen molar-refractivity contribution >= 4 is 23.2 Å². The van der Waals surface area contributed by atoms with Gasteiger partial charge in [0.05, 0.1) is 10.9 Å². The van der Waals surface area contributed by atoms with Crippen molar-refractivity contribution in [2.45, 2.75) is 31.9 Å². The molecule has 1 saturated carbocycles. The van der Waals surface area contributed by atoms with Crippen LogP contribution in [-0.2, 0) is 4.79 Å². The zero-order valence-electron chi connectivity index (χ0n) is 10.6. The molecule has 2 atom stereocenters. The van der Waals surface area contributed by atoms with Crippen LogP contribution >= 0.6 is 11.6 Å². The Balaban J connectivity index is 2.03. The van der Waals surface area contributed by atoms with Crippen molar-refractivity contribution in [2.75, 3.05) is 5.32 Å². The van der Waals surface area contributed by atoms with Crippen LogP contribution in [0.1, 0.15) is 19.3 Å². The van der Waals surface area contributed by atoms with E-state index in [-0.39, 0.29) is 28.6 Å². The van der Waals surface area contributed by atoms with Gasteiger partial charge < -0.3 is 15.8 Å². The van der Waals surface area contributed by atoms with Gasteiger partial charge >= 0.3 is 6.61 Å². The molecular weight excluding hydrogens is 290 g/mol. The molecule has 0 spiro atoms. The van der Waals surface area contributed by atoms with Gasteiger partial charge in [0.25, 0.3) is 0 Å². The Morgan fingerprint density at radius 3 is 2.75 bits per heavy atom. The maximum atomic E-state index is 12.1. The highest BCUT2D eigenvalue weighted by atomic mass is 35.5. The molecule has 0 bridgehead atoms. The molecule has 4 nitrogen and oxygen atoms in total. The molecular formula is C13H15ClF2N2O2. The number of carbonyl (C=O) groups excluding carboxylic acids is 1. The van der Waals surface area contributed by atoms with Gasteiger partial charge in [0.2, 0.25) is 5.91 Å². The number of benzene rings is 1. The summed E-state index contributed by atoms with van der Waals surface area (Å²) < 4.78 is 28.4. The largest absolute Gasteiger partial charge is 0.433 e. The second-order valence-corrected chi connectivity index (χ2v) is 5.12. The van der Waals surface area contributed by atoms with Crippen LogP contribution in [0.5, 0.6) is 5.75 Å². The fourth-order valence-electron chi connectivity index (χ4n) is 2.32. The molecule has 0 heterocycles. The van der Waals surface area contributed by atoms with E-state index in [0.29, 0.717) is 5.69 Å². The van der Waals surface area contributed by atoms with Crippen molar-refractivity contribution < 1.29 is 18.3 Å². The van der Waals surface area contributed by atoms with Gasteiger partial charge in [-0.05, 0) is 31.0 Å². The van der Waals surface area contributed by atoms with Gasteiger partial charge in [-0.3, -0.25) is 4.79 Å². The molecule has 20 heavy (non-hydrogen) atoms. The summed E-state index contributed by atoms with van der Waals surface area (Å²) in [6.07, 6.45) is 2.52. The summed E-state index contributed by atoms with van der Waals surface area (Å²) >= 11 is 5.81. The summed E-state index contributed by atoms with van der Waals surface area (Å²) in [5.74, 6) is -0.517. The summed E-state index contributed by atoms with van der Waals surface area (Å²) in [6.45, 7) is -2.94. The third-order valence-corrected chi connectivity index (χ3v) is 3.62. The van der Waals surface area contributed by atoms with Gasteiger partial charge in [0.15, 0.2) is 0 Å². The van der Waals surface area contributed by atoms with Crippen molar-refractivity contribution in [1.29, 1.82) is 0 Å². The van der Waals surface area contributed by atoms with Crippen LogP contribution < -0.4 is 15.8 Å². The van der Waals surface area contributed by atoms with Crippen LogP contribution in [0.4, 0.5) is 14.5 Å². The van der Waals surface area contributed by atoms with E-state index in [0.717, 1.165) is 19.3 Å². The number of alkyl halides is 2. The molecule has 1 aliphatic rings. The van der Waals surface area contributed by atoms with E-state index < -0.39 is 6.61 Å². The first-order chi connectivity index (χ1) is 9.47. The molecule has 1 aromatic rings. The van der Waals surface area contributed by atoms with E-state index in [2.05, 4.69) is 10.1 Å². The highest BCUT2D eigenvalue weighted by molar-refractivity contribution is 6.32. The lowest BCUT2D eigenvalue weighted by Crippen LogP contribution is -2.34. The Bertz CT molecular complexity index is 499. The van der Waals surface area contributed by atoms with Crippen molar-refractivity contribution in [3.05, 3.63) is 23.2 Å². The third-order valence-electron chi connectivity index (χ3n) is 3.32. The van der Waals surface area contributed by atoms with E-state index in [9.17, 15) is 13.6 Å². The third kappa shape index (κ3) is 3.58. The summed E-state index contributed by atoms with van der Waals surface area (Å²) in [6, 6.07) is 3.99. The van der Waals surface area contributed by atoms with Gasteiger partial charge in [-0.1, -0.05) is 18.0 Å². The predicted octanol–water partition coefficient (Wildman–Crippen LogP) is 3.01. The van der Waals surface area contributed by atoms with Gasteiger partial charge in [-0.25, -0.2) is 0 Å². The second-order valence-electron chi connectivity index (χ2n) is 4.71. The SMILES string of the molecule is NC1CCCC1C(=O)Nc1ccc(OC(F)F)c(Cl)c1. The quantitative estimate of drug-likeness (QED) is 0.898. The summed E-state index contributed by atoms with van der Waals surface area (Å²) in [4.78, 5) is 12.0. The summed E-state index contributed by atoms with van der Waals surface area (Å²) in [5.41, 5.74) is 6.28. The van der Waals surface area contributed by atoms with Crippen LogP contribution in [0, 0.1) is 5.92 Å². The topological polar surface area (TPSA) is 64.4 Å². The number of halogens is 3. The van der Waals surface area contributed by atoms with E-state index in [1.807, 2.05) is 0 Å². The molecule has 2 unspecified atom stereocenters. The highest BCUT2D eigenvalue weighted by Crippen LogP contribution is 2.30. The number of hydrogen-bond donors (Lipinski definition) is 2. The van der Waals surface area contributed by atoms with Gasteiger partial charge in [0.1, 0.15) is 5.75 Å². The van der Waals surface area contributed by atoms with Crippen LogP contribution in [-0.4, -0.2) is 18.6 Å². The minimum Gasteiger partial charge on any atom is -0.433 e. The molecule has 1 aliphatic carbocycles. The molecule has 3 N–H and O–H groups in total. The number of anilines is 1. The van der Waals surface area contributed by atoms with E-state index >= 15 is 0 Å². The molecule has 110 valence electrons. The number of rotatable bonds is 4. The Morgan fingerprint density at radius 2 is 2.20 bits per heavy atom. The number of ether oxygens (including phenoxy) is 1. The lowest BCUT2D eigenvalue weighted by atomic mass is 10.0. The predicted molar refractivity (Wildman–Crippen MR) is 72.0 cm³/mol. The smallest absolute Gasteiger partial charge is 0.387 e. The number of nitrogens with one attached hydrogen (secondary N) is 1. The second kappa shape index (κ2) is 6.37. The van der Waals surface area contributed by atoms with E-state index in [1.54, 1.807) is 0 Å². The minimum atomic E-state index is -2.94. The van der Waals surface area contributed by atoms with E-state index in [1.165, 1.54) is 18.2 Å². The molecule has 1 aromatic carbocycles. The number of hydrogen-bond acceptors (Lipinski definition) is 3. The fraction of sp³-hybridized carbons (Fsp3) is 0.462. The average Bonchev–Trinajstić information content (AvgIpc) is 2.78. The molecule has 7 heteroatoms. The van der Waals surface area contributed by atoms with E-state index in [4.69, 9.17) is 17.3 Å². The minimum absolute atomic E-state index is 0.0128. The zero-order chi connectivity index (χ0) is 14.7. The van der Waals surface area contributed by atoms with Crippen LogP contribution in [0.25, 0.3) is 0 Å². The van der Waals surface area contributed by atoms with Crippen molar-refractivity contribution in [3.63, 3.8) is 0 Å². The monoisotopic (exact) mass is 304 g/mol. The Labute approximate surface area is 120 Å². The molecule has 0 radical (unpaired) electrons. The van der Waals surface area contributed by atoms with Crippen LogP contribution in [0.15, 0.2) is 18.2 Å². The molecule has 2 rings (SSSR count). The number of carbonyl (C=O) groups is 1. The normalized spacial score (nSPS) is 22.1.